The normalized spacial score (nSPS) is 20.1. The summed E-state index contributed by atoms with van der Waals surface area (Å²) in [6.45, 7) is 1.48. The number of allylic oxidation sites excluding steroid dienone is 1. The number of oxime groups is 1. The molecule has 1 atom stereocenters. The van der Waals surface area contributed by atoms with Crippen LogP contribution in [0.5, 0.6) is 0 Å². The van der Waals surface area contributed by atoms with Gasteiger partial charge in [-0.15, -0.1) is 0 Å². The van der Waals surface area contributed by atoms with Gasteiger partial charge < -0.3 is 15.5 Å². The molecule has 0 fully saturated rings. The molecule has 0 saturated heterocycles. The van der Waals surface area contributed by atoms with Crippen LogP contribution in [0.15, 0.2) is 59.8 Å². The lowest BCUT2D eigenvalue weighted by Crippen LogP contribution is -2.35. The molecule has 0 aliphatic carbocycles. The fourth-order valence-electron chi connectivity index (χ4n) is 3.64. The third-order valence-electron chi connectivity index (χ3n) is 5.18. The van der Waals surface area contributed by atoms with Crippen LogP contribution in [0, 0.1) is 0 Å². The van der Waals surface area contributed by atoms with Crippen LogP contribution >= 0.6 is 11.6 Å². The van der Waals surface area contributed by atoms with E-state index in [1.54, 1.807) is 0 Å². The van der Waals surface area contributed by atoms with Crippen molar-refractivity contribution in [3.63, 3.8) is 0 Å². The minimum atomic E-state index is -0.570. The van der Waals surface area contributed by atoms with E-state index in [0.717, 1.165) is 48.3 Å². The van der Waals surface area contributed by atoms with Crippen molar-refractivity contribution >= 4 is 34.5 Å². The number of anilines is 1. The van der Waals surface area contributed by atoms with Gasteiger partial charge in [-0.1, -0.05) is 53.2 Å². The van der Waals surface area contributed by atoms with Crippen molar-refractivity contribution < 1.29 is 9.63 Å². The van der Waals surface area contributed by atoms with E-state index in [4.69, 9.17) is 16.4 Å². The summed E-state index contributed by atoms with van der Waals surface area (Å²) < 4.78 is 0. The summed E-state index contributed by atoms with van der Waals surface area (Å²) in [7, 11) is 0. The summed E-state index contributed by atoms with van der Waals surface area (Å²) in [5.41, 5.74) is 5.19. The molecule has 0 saturated carbocycles. The molecule has 2 N–H and O–H groups in total. The first-order valence-corrected chi connectivity index (χ1v) is 10.4. The number of benzene rings is 2. The highest BCUT2D eigenvalue weighted by Crippen LogP contribution is 2.31. The van der Waals surface area contributed by atoms with E-state index in [9.17, 15) is 4.79 Å². The largest absolute Gasteiger partial charge is 0.385 e. The minimum Gasteiger partial charge on any atom is -0.385 e. The standard InChI is InChI=1S/C23H24ClN3O2/c24-18-9-10-20-19(14-18)16(6-4-5-12-25-20)11-13-26-23(28)22-15-21(27-29-22)17-7-2-1-3-8-17/h1-3,6-10,14,22,25H,4-5,11-13,15H2,(H,26,28)/b16-6-. The van der Waals surface area contributed by atoms with Crippen LogP contribution in [-0.4, -0.2) is 30.8 Å². The number of halogens is 1. The zero-order chi connectivity index (χ0) is 20.1. The maximum atomic E-state index is 12.5. The fourth-order valence-corrected chi connectivity index (χ4v) is 3.81. The molecule has 0 bridgehead atoms. The fraction of sp³-hybridized carbons (Fsp3) is 0.304. The molecule has 5 nitrogen and oxygen atoms in total. The van der Waals surface area contributed by atoms with Crippen LogP contribution in [0.3, 0.4) is 0 Å². The van der Waals surface area contributed by atoms with Gasteiger partial charge in [-0.3, -0.25) is 4.79 Å². The highest BCUT2D eigenvalue weighted by Gasteiger charge is 2.28. The molecule has 150 valence electrons. The average molecular weight is 410 g/mol. The molecular weight excluding hydrogens is 386 g/mol. The van der Waals surface area contributed by atoms with Crippen molar-refractivity contribution in [2.75, 3.05) is 18.4 Å². The Bertz CT molecular complexity index is 940. The first-order chi connectivity index (χ1) is 14.2. The molecule has 2 aliphatic rings. The molecule has 2 aromatic carbocycles. The summed E-state index contributed by atoms with van der Waals surface area (Å²) in [6.07, 6.45) is 4.99. The lowest BCUT2D eigenvalue weighted by atomic mass is 9.97. The van der Waals surface area contributed by atoms with E-state index in [-0.39, 0.29) is 5.91 Å². The number of amides is 1. The number of hydrogen-bond donors (Lipinski definition) is 2. The highest BCUT2D eigenvalue weighted by molar-refractivity contribution is 6.30. The summed E-state index contributed by atoms with van der Waals surface area (Å²) in [6, 6.07) is 15.7. The molecule has 1 amide bonds. The number of rotatable bonds is 5. The third kappa shape index (κ3) is 4.80. The Hall–Kier alpha value is -2.79. The van der Waals surface area contributed by atoms with E-state index in [0.29, 0.717) is 18.0 Å². The van der Waals surface area contributed by atoms with Crippen LogP contribution in [0.1, 0.15) is 36.8 Å². The Kier molecular flexibility index (Phi) is 6.15. The number of nitrogens with zero attached hydrogens (tertiary/aromatic N) is 1. The van der Waals surface area contributed by atoms with Crippen molar-refractivity contribution in [1.29, 1.82) is 0 Å². The van der Waals surface area contributed by atoms with E-state index in [1.807, 2.05) is 48.5 Å². The Morgan fingerprint density at radius 2 is 2.10 bits per heavy atom. The molecule has 1 unspecified atom stereocenters. The topological polar surface area (TPSA) is 62.7 Å². The van der Waals surface area contributed by atoms with Crippen molar-refractivity contribution in [3.8, 4) is 0 Å². The third-order valence-corrected chi connectivity index (χ3v) is 5.41. The molecule has 2 heterocycles. The van der Waals surface area contributed by atoms with Gasteiger partial charge in [0.1, 0.15) is 0 Å². The van der Waals surface area contributed by atoms with E-state index in [2.05, 4.69) is 21.9 Å². The number of fused-ring (bicyclic) bond motifs is 1. The van der Waals surface area contributed by atoms with E-state index >= 15 is 0 Å². The first kappa shape index (κ1) is 19.5. The maximum absolute atomic E-state index is 12.5. The SMILES string of the molecule is O=C(NCC/C1=C/CCCNc2ccc(Cl)cc21)C1CC(c2ccccc2)=NO1. The van der Waals surface area contributed by atoms with Crippen molar-refractivity contribution in [3.05, 3.63) is 70.8 Å². The van der Waals surface area contributed by atoms with E-state index < -0.39 is 6.10 Å². The predicted octanol–water partition coefficient (Wildman–Crippen LogP) is 4.63. The Morgan fingerprint density at radius 3 is 2.97 bits per heavy atom. The van der Waals surface area contributed by atoms with Crippen LogP contribution < -0.4 is 10.6 Å². The number of carbonyl (C=O) groups excluding carboxylic acids is 1. The molecule has 4 rings (SSSR count). The second-order valence-corrected chi connectivity index (χ2v) is 7.67. The second kappa shape index (κ2) is 9.14. The summed E-state index contributed by atoms with van der Waals surface area (Å²) in [5, 5.41) is 11.3. The van der Waals surface area contributed by atoms with Crippen LogP contribution in [0.25, 0.3) is 5.57 Å². The zero-order valence-corrected chi connectivity index (χ0v) is 16.9. The molecule has 0 aromatic heterocycles. The van der Waals surface area contributed by atoms with Gasteiger partial charge in [-0.05, 0) is 48.6 Å². The van der Waals surface area contributed by atoms with Crippen LogP contribution in [0.4, 0.5) is 5.69 Å². The number of carbonyl (C=O) groups is 1. The molecule has 0 radical (unpaired) electrons. The van der Waals surface area contributed by atoms with Crippen molar-refractivity contribution in [2.45, 2.75) is 31.8 Å². The Balaban J connectivity index is 1.33. The molecule has 6 heteroatoms. The highest BCUT2D eigenvalue weighted by atomic mass is 35.5. The van der Waals surface area contributed by atoms with Gasteiger partial charge in [0.2, 0.25) is 6.10 Å². The average Bonchev–Trinajstić information content (AvgIpc) is 3.22. The van der Waals surface area contributed by atoms with Crippen molar-refractivity contribution in [2.24, 2.45) is 5.16 Å². The summed E-state index contributed by atoms with van der Waals surface area (Å²) in [4.78, 5) is 17.9. The van der Waals surface area contributed by atoms with Gasteiger partial charge in [0.25, 0.3) is 5.91 Å². The van der Waals surface area contributed by atoms with Crippen LogP contribution in [0.2, 0.25) is 5.02 Å². The predicted molar refractivity (Wildman–Crippen MR) is 117 cm³/mol. The van der Waals surface area contributed by atoms with Gasteiger partial charge in [0, 0.05) is 35.8 Å². The van der Waals surface area contributed by atoms with Crippen molar-refractivity contribution in [1.82, 2.24) is 5.32 Å². The zero-order valence-electron chi connectivity index (χ0n) is 16.2. The lowest BCUT2D eigenvalue weighted by Gasteiger charge is -2.19. The molecule has 0 spiro atoms. The quantitative estimate of drug-likeness (QED) is 0.756. The Labute approximate surface area is 175 Å². The second-order valence-electron chi connectivity index (χ2n) is 7.23. The van der Waals surface area contributed by atoms with Gasteiger partial charge in [0.15, 0.2) is 0 Å². The summed E-state index contributed by atoms with van der Waals surface area (Å²) in [5.74, 6) is -0.129. The summed E-state index contributed by atoms with van der Waals surface area (Å²) >= 11 is 6.22. The monoisotopic (exact) mass is 409 g/mol. The molecular formula is C23H24ClN3O2. The van der Waals surface area contributed by atoms with Crippen LogP contribution in [-0.2, 0) is 9.63 Å². The molecule has 2 aliphatic heterocycles. The first-order valence-electron chi connectivity index (χ1n) is 9.99. The lowest BCUT2D eigenvalue weighted by molar-refractivity contribution is -0.131. The van der Waals surface area contributed by atoms with Gasteiger partial charge in [-0.2, -0.15) is 0 Å². The van der Waals surface area contributed by atoms with E-state index in [1.165, 1.54) is 5.57 Å². The molecule has 2 aromatic rings. The smallest absolute Gasteiger partial charge is 0.264 e. The van der Waals surface area contributed by atoms with Gasteiger partial charge in [-0.25, -0.2) is 0 Å². The maximum Gasteiger partial charge on any atom is 0.264 e. The Morgan fingerprint density at radius 1 is 1.24 bits per heavy atom. The number of nitrogens with one attached hydrogen (secondary N) is 2. The molecule has 29 heavy (non-hydrogen) atoms. The minimum absolute atomic E-state index is 0.129. The van der Waals surface area contributed by atoms with Gasteiger partial charge in [0.05, 0.1) is 5.71 Å². The van der Waals surface area contributed by atoms with Gasteiger partial charge >= 0.3 is 0 Å². The number of hydrogen-bond acceptors (Lipinski definition) is 4.